The zero-order valence-corrected chi connectivity index (χ0v) is 12.1. The fraction of sp³-hybridized carbons (Fsp3) is 0.357. The predicted octanol–water partition coefficient (Wildman–Crippen LogP) is 1.97. The van der Waals surface area contributed by atoms with Crippen LogP contribution in [0.25, 0.3) is 0 Å². The van der Waals surface area contributed by atoms with Crippen LogP contribution in [0.5, 0.6) is 0 Å². The van der Waals surface area contributed by atoms with Gasteiger partial charge in [0.2, 0.25) is 0 Å². The Hall–Kier alpha value is -2.57. The van der Waals surface area contributed by atoms with Gasteiger partial charge >= 0.3 is 5.69 Å². The van der Waals surface area contributed by atoms with Crippen LogP contribution < -0.4 is 11.0 Å². The van der Waals surface area contributed by atoms with E-state index in [1.807, 2.05) is 6.92 Å². The minimum absolute atomic E-state index is 0.0323. The average molecular weight is 290 g/mol. The molecule has 0 atom stereocenters. The van der Waals surface area contributed by atoms with Crippen LogP contribution in [0.15, 0.2) is 35.4 Å². The van der Waals surface area contributed by atoms with E-state index < -0.39 is 4.92 Å². The quantitative estimate of drug-likeness (QED) is 0.651. The molecule has 21 heavy (non-hydrogen) atoms. The summed E-state index contributed by atoms with van der Waals surface area (Å²) in [6.07, 6.45) is 4.19. The van der Waals surface area contributed by atoms with Gasteiger partial charge in [-0.2, -0.15) is 0 Å². The fourth-order valence-electron chi connectivity index (χ4n) is 2.14. The number of rotatable bonds is 6. The molecular weight excluding hydrogens is 272 g/mol. The number of imidazole rings is 1. The van der Waals surface area contributed by atoms with E-state index in [0.717, 1.165) is 12.0 Å². The Morgan fingerprint density at radius 3 is 2.67 bits per heavy atom. The first-order chi connectivity index (χ1) is 10.0. The average Bonchev–Trinajstić information content (AvgIpc) is 2.77. The third-order valence-corrected chi connectivity index (χ3v) is 3.24. The van der Waals surface area contributed by atoms with E-state index in [2.05, 4.69) is 5.32 Å². The molecular formula is C14H18N4O3. The van der Waals surface area contributed by atoms with E-state index in [9.17, 15) is 14.9 Å². The zero-order valence-electron chi connectivity index (χ0n) is 12.1. The van der Waals surface area contributed by atoms with Crippen LogP contribution in [0.2, 0.25) is 0 Å². The fourth-order valence-corrected chi connectivity index (χ4v) is 2.14. The van der Waals surface area contributed by atoms with Crippen molar-refractivity contribution in [3.05, 3.63) is 56.8 Å². The van der Waals surface area contributed by atoms with Crippen LogP contribution in [0.1, 0.15) is 18.9 Å². The van der Waals surface area contributed by atoms with Gasteiger partial charge in [0.25, 0.3) is 5.69 Å². The van der Waals surface area contributed by atoms with Gasteiger partial charge in [-0.3, -0.25) is 14.7 Å². The van der Waals surface area contributed by atoms with Gasteiger partial charge < -0.3 is 9.88 Å². The van der Waals surface area contributed by atoms with Gasteiger partial charge in [0.05, 0.1) is 11.5 Å². The summed E-state index contributed by atoms with van der Waals surface area (Å²) in [5, 5.41) is 14.2. The highest BCUT2D eigenvalue weighted by Crippen LogP contribution is 2.28. The lowest BCUT2D eigenvalue weighted by molar-refractivity contribution is -0.384. The number of hydrogen-bond acceptors (Lipinski definition) is 4. The molecule has 0 aliphatic heterocycles. The van der Waals surface area contributed by atoms with Gasteiger partial charge in [0.1, 0.15) is 5.69 Å². The van der Waals surface area contributed by atoms with E-state index in [4.69, 9.17) is 0 Å². The monoisotopic (exact) mass is 290 g/mol. The van der Waals surface area contributed by atoms with Crippen molar-refractivity contribution < 1.29 is 4.92 Å². The molecule has 1 aromatic carbocycles. The van der Waals surface area contributed by atoms with Gasteiger partial charge in [-0.1, -0.05) is 19.1 Å². The standard InChI is InChI=1S/C14H18N4O3/c1-3-7-15-13-11(5-4-6-12(13)18(20)21)10-17-9-8-16(2)14(17)19/h4-6,8-9,15H,3,7,10H2,1-2H3. The van der Waals surface area contributed by atoms with E-state index in [1.54, 1.807) is 31.6 Å². The maximum absolute atomic E-state index is 11.9. The molecule has 0 bridgehead atoms. The minimum Gasteiger partial charge on any atom is -0.379 e. The SMILES string of the molecule is CCCNc1c(Cn2ccn(C)c2=O)cccc1[N+](=O)[O-]. The summed E-state index contributed by atoms with van der Waals surface area (Å²) in [6.45, 7) is 2.93. The number of nitrogens with one attached hydrogen (secondary N) is 1. The molecule has 0 spiro atoms. The summed E-state index contributed by atoms with van der Waals surface area (Å²) >= 11 is 0. The molecule has 2 rings (SSSR count). The topological polar surface area (TPSA) is 82.1 Å². The first kappa shape index (κ1) is 14.8. The van der Waals surface area contributed by atoms with E-state index in [1.165, 1.54) is 15.2 Å². The first-order valence-corrected chi connectivity index (χ1v) is 6.76. The second-order valence-corrected chi connectivity index (χ2v) is 4.81. The molecule has 1 N–H and O–H groups in total. The van der Waals surface area contributed by atoms with Gasteiger partial charge in [-0.05, 0) is 6.42 Å². The Balaban J connectivity index is 2.42. The maximum atomic E-state index is 11.9. The Labute approximate surface area is 122 Å². The van der Waals surface area contributed by atoms with Crippen molar-refractivity contribution in [1.82, 2.24) is 9.13 Å². The number of aromatic nitrogens is 2. The van der Waals surface area contributed by atoms with Crippen molar-refractivity contribution in [2.75, 3.05) is 11.9 Å². The van der Waals surface area contributed by atoms with Crippen LogP contribution in [0.4, 0.5) is 11.4 Å². The largest absolute Gasteiger partial charge is 0.379 e. The highest BCUT2D eigenvalue weighted by molar-refractivity contribution is 5.66. The molecule has 0 radical (unpaired) electrons. The number of nitro benzene ring substituents is 1. The van der Waals surface area contributed by atoms with Crippen LogP contribution in [0, 0.1) is 10.1 Å². The normalized spacial score (nSPS) is 10.6. The lowest BCUT2D eigenvalue weighted by Gasteiger charge is -2.12. The van der Waals surface area contributed by atoms with Gasteiger partial charge in [0, 0.05) is 37.6 Å². The Kier molecular flexibility index (Phi) is 4.42. The minimum atomic E-state index is -0.407. The molecule has 0 amide bonds. The van der Waals surface area contributed by atoms with E-state index in [-0.39, 0.29) is 11.4 Å². The third kappa shape index (κ3) is 3.13. The lowest BCUT2D eigenvalue weighted by Crippen LogP contribution is -2.22. The Morgan fingerprint density at radius 2 is 2.10 bits per heavy atom. The van der Waals surface area contributed by atoms with Gasteiger partial charge in [-0.25, -0.2) is 4.79 Å². The summed E-state index contributed by atoms with van der Waals surface area (Å²) in [4.78, 5) is 22.6. The molecule has 0 saturated carbocycles. The molecule has 112 valence electrons. The summed E-state index contributed by atoms with van der Waals surface area (Å²) in [5.41, 5.74) is 1.10. The smallest absolute Gasteiger partial charge is 0.328 e. The predicted molar refractivity (Wildman–Crippen MR) is 80.7 cm³/mol. The van der Waals surface area contributed by atoms with Crippen molar-refractivity contribution in [3.63, 3.8) is 0 Å². The molecule has 0 aliphatic carbocycles. The Bertz CT molecular complexity index is 702. The summed E-state index contributed by atoms with van der Waals surface area (Å²) < 4.78 is 2.99. The van der Waals surface area contributed by atoms with Crippen LogP contribution in [0.3, 0.4) is 0 Å². The zero-order chi connectivity index (χ0) is 15.4. The molecule has 1 heterocycles. The second-order valence-electron chi connectivity index (χ2n) is 4.81. The lowest BCUT2D eigenvalue weighted by atomic mass is 10.1. The molecule has 0 saturated heterocycles. The highest BCUT2D eigenvalue weighted by atomic mass is 16.6. The molecule has 0 fully saturated rings. The number of hydrogen-bond donors (Lipinski definition) is 1. The summed E-state index contributed by atoms with van der Waals surface area (Å²) in [5.74, 6) is 0. The number of anilines is 1. The van der Waals surface area contributed by atoms with Crippen molar-refractivity contribution in [1.29, 1.82) is 0 Å². The summed E-state index contributed by atoms with van der Waals surface area (Å²) in [7, 11) is 1.67. The van der Waals surface area contributed by atoms with Crippen molar-refractivity contribution in [3.8, 4) is 0 Å². The number of nitrogens with zero attached hydrogens (tertiary/aromatic N) is 3. The molecule has 0 unspecified atom stereocenters. The molecule has 2 aromatic rings. The van der Waals surface area contributed by atoms with Gasteiger partial charge in [-0.15, -0.1) is 0 Å². The van der Waals surface area contributed by atoms with Crippen molar-refractivity contribution in [2.24, 2.45) is 7.05 Å². The maximum Gasteiger partial charge on any atom is 0.328 e. The van der Waals surface area contributed by atoms with Gasteiger partial charge in [0.15, 0.2) is 0 Å². The van der Waals surface area contributed by atoms with Crippen LogP contribution >= 0.6 is 0 Å². The summed E-state index contributed by atoms with van der Waals surface area (Å²) in [6, 6.07) is 4.90. The first-order valence-electron chi connectivity index (χ1n) is 6.76. The highest BCUT2D eigenvalue weighted by Gasteiger charge is 2.17. The number of aryl methyl sites for hydroxylation is 1. The molecule has 7 nitrogen and oxygen atoms in total. The van der Waals surface area contributed by atoms with Crippen molar-refractivity contribution >= 4 is 11.4 Å². The third-order valence-electron chi connectivity index (χ3n) is 3.24. The van der Waals surface area contributed by atoms with E-state index in [0.29, 0.717) is 18.8 Å². The molecule has 0 aliphatic rings. The van der Waals surface area contributed by atoms with E-state index >= 15 is 0 Å². The molecule has 1 aromatic heterocycles. The second kappa shape index (κ2) is 6.25. The molecule has 7 heteroatoms. The number of para-hydroxylation sites is 1. The number of nitro groups is 1. The van der Waals surface area contributed by atoms with Crippen LogP contribution in [-0.4, -0.2) is 20.6 Å². The van der Waals surface area contributed by atoms with Crippen molar-refractivity contribution in [2.45, 2.75) is 19.9 Å². The van der Waals surface area contributed by atoms with Crippen LogP contribution in [-0.2, 0) is 13.6 Å². The Morgan fingerprint density at radius 1 is 1.33 bits per heavy atom. The number of benzene rings is 1.